The number of fused-ring (bicyclic) bond motifs is 2. The van der Waals surface area contributed by atoms with E-state index < -0.39 is 0 Å². The minimum atomic E-state index is 0.483. The van der Waals surface area contributed by atoms with Crippen molar-refractivity contribution < 1.29 is 9.26 Å². The summed E-state index contributed by atoms with van der Waals surface area (Å²) in [6.45, 7) is 0. The molecule has 1 aromatic carbocycles. The van der Waals surface area contributed by atoms with Crippen molar-refractivity contribution in [1.29, 1.82) is 0 Å². The van der Waals surface area contributed by atoms with Crippen molar-refractivity contribution in [3.63, 3.8) is 0 Å². The third kappa shape index (κ3) is 2.07. The van der Waals surface area contributed by atoms with Crippen LogP contribution in [0.15, 0.2) is 22.7 Å². The smallest absolute Gasteiger partial charge is 0.258 e. The van der Waals surface area contributed by atoms with Crippen molar-refractivity contribution in [2.45, 2.75) is 31.6 Å². The van der Waals surface area contributed by atoms with Gasteiger partial charge >= 0.3 is 0 Å². The number of rotatable bonds is 3. The molecule has 0 saturated heterocycles. The molecule has 21 heavy (non-hydrogen) atoms. The lowest BCUT2D eigenvalue weighted by molar-refractivity contribution is 0.372. The molecule has 2 aliphatic rings. The molecule has 0 spiro atoms. The first-order valence-electron chi connectivity index (χ1n) is 7.52. The molecule has 5 heteroatoms. The highest BCUT2D eigenvalue weighted by molar-refractivity contribution is 5.65. The van der Waals surface area contributed by atoms with E-state index in [1.807, 2.05) is 18.2 Å². The molecule has 0 amide bonds. The second kappa shape index (κ2) is 4.76. The molecule has 4 rings (SSSR count). The molecular weight excluding hydrogens is 266 g/mol. The van der Waals surface area contributed by atoms with E-state index in [0.717, 1.165) is 23.2 Å². The van der Waals surface area contributed by atoms with Crippen LogP contribution in [0.25, 0.3) is 11.5 Å². The Morgan fingerprint density at radius 1 is 1.29 bits per heavy atom. The summed E-state index contributed by atoms with van der Waals surface area (Å²) in [4.78, 5) is 4.60. The predicted octanol–water partition coefficient (Wildman–Crippen LogP) is 3.23. The number of hydrogen-bond donors (Lipinski definition) is 1. The zero-order valence-electron chi connectivity index (χ0n) is 12.1. The van der Waals surface area contributed by atoms with Gasteiger partial charge in [0.15, 0.2) is 5.82 Å². The molecule has 110 valence electrons. The van der Waals surface area contributed by atoms with Crippen LogP contribution in [0.1, 0.15) is 37.4 Å². The van der Waals surface area contributed by atoms with Gasteiger partial charge in [-0.1, -0.05) is 11.6 Å². The fourth-order valence-electron chi connectivity index (χ4n) is 3.93. The Hall–Kier alpha value is -2.04. The third-order valence-corrected chi connectivity index (χ3v) is 4.99. The fraction of sp³-hybridized carbons (Fsp3) is 0.500. The van der Waals surface area contributed by atoms with E-state index >= 15 is 0 Å². The van der Waals surface area contributed by atoms with E-state index in [1.54, 1.807) is 7.11 Å². The second-order valence-electron chi connectivity index (χ2n) is 6.20. The minimum absolute atomic E-state index is 0.483. The van der Waals surface area contributed by atoms with Gasteiger partial charge in [0.05, 0.1) is 12.8 Å². The van der Waals surface area contributed by atoms with Crippen LogP contribution in [0.4, 0.5) is 5.69 Å². The number of anilines is 1. The summed E-state index contributed by atoms with van der Waals surface area (Å²) in [6.07, 6.45) is 5.24. The number of nitrogens with zero attached hydrogens (tertiary/aromatic N) is 2. The maximum Gasteiger partial charge on any atom is 0.258 e. The molecule has 3 unspecified atom stereocenters. The highest BCUT2D eigenvalue weighted by Crippen LogP contribution is 2.52. The Balaban J connectivity index is 1.61. The fourth-order valence-corrected chi connectivity index (χ4v) is 3.93. The molecule has 5 nitrogen and oxygen atoms in total. The summed E-state index contributed by atoms with van der Waals surface area (Å²) < 4.78 is 10.6. The molecule has 2 aromatic rings. The van der Waals surface area contributed by atoms with Crippen LogP contribution in [-0.2, 0) is 0 Å². The summed E-state index contributed by atoms with van der Waals surface area (Å²) >= 11 is 0. The summed E-state index contributed by atoms with van der Waals surface area (Å²) in [5.41, 5.74) is 7.35. The van der Waals surface area contributed by atoms with Crippen molar-refractivity contribution >= 4 is 5.69 Å². The van der Waals surface area contributed by atoms with Crippen molar-refractivity contribution in [3.05, 3.63) is 24.0 Å². The lowest BCUT2D eigenvalue weighted by Crippen LogP contribution is -2.09. The summed E-state index contributed by atoms with van der Waals surface area (Å²) in [6, 6.07) is 5.54. The molecule has 2 bridgehead atoms. The van der Waals surface area contributed by atoms with Crippen molar-refractivity contribution in [2.24, 2.45) is 11.8 Å². The molecule has 2 saturated carbocycles. The van der Waals surface area contributed by atoms with Crippen LogP contribution in [0, 0.1) is 11.8 Å². The number of ether oxygens (including phenoxy) is 1. The molecule has 2 fully saturated rings. The Kier molecular flexibility index (Phi) is 2.87. The highest BCUT2D eigenvalue weighted by atomic mass is 16.5. The van der Waals surface area contributed by atoms with Crippen molar-refractivity contribution in [1.82, 2.24) is 10.1 Å². The standard InChI is InChI=1S/C16H19N3O2/c1-20-14-5-4-11(8-13(14)17)16-18-15(19-21-16)12-7-9-2-3-10(12)6-9/h4-5,8-10,12H,2-3,6-7,17H2,1H3. The molecule has 3 atom stereocenters. The molecule has 2 aliphatic carbocycles. The van der Waals surface area contributed by atoms with E-state index in [1.165, 1.54) is 25.7 Å². The number of hydrogen-bond acceptors (Lipinski definition) is 5. The SMILES string of the molecule is COc1ccc(-c2nc(C3CC4CCC3C4)no2)cc1N. The first-order valence-corrected chi connectivity index (χ1v) is 7.52. The Morgan fingerprint density at radius 3 is 2.86 bits per heavy atom. The number of nitrogen functional groups attached to an aromatic ring is 1. The van der Waals surface area contributed by atoms with Crippen LogP contribution in [0.3, 0.4) is 0 Å². The van der Waals surface area contributed by atoms with Gasteiger partial charge in [0.25, 0.3) is 5.89 Å². The van der Waals surface area contributed by atoms with Crippen LogP contribution < -0.4 is 10.5 Å². The van der Waals surface area contributed by atoms with Crippen molar-refractivity contribution in [2.75, 3.05) is 12.8 Å². The molecule has 2 N–H and O–H groups in total. The van der Waals surface area contributed by atoms with E-state index in [9.17, 15) is 0 Å². The summed E-state index contributed by atoms with van der Waals surface area (Å²) in [7, 11) is 1.60. The average molecular weight is 285 g/mol. The second-order valence-corrected chi connectivity index (χ2v) is 6.20. The van der Waals surface area contributed by atoms with Crippen LogP contribution in [0.2, 0.25) is 0 Å². The molecular formula is C16H19N3O2. The number of benzene rings is 1. The highest BCUT2D eigenvalue weighted by Gasteiger charge is 2.42. The minimum Gasteiger partial charge on any atom is -0.495 e. The third-order valence-electron chi connectivity index (χ3n) is 4.99. The van der Waals surface area contributed by atoms with Gasteiger partial charge in [-0.3, -0.25) is 0 Å². The molecule has 1 aromatic heterocycles. The maximum absolute atomic E-state index is 5.93. The monoisotopic (exact) mass is 285 g/mol. The van der Waals surface area contributed by atoms with Crippen LogP contribution >= 0.6 is 0 Å². The lowest BCUT2D eigenvalue weighted by atomic mass is 9.88. The quantitative estimate of drug-likeness (QED) is 0.876. The lowest BCUT2D eigenvalue weighted by Gasteiger charge is -2.17. The Labute approximate surface area is 123 Å². The molecule has 0 radical (unpaired) electrons. The van der Waals surface area contributed by atoms with Gasteiger partial charge in [-0.05, 0) is 49.3 Å². The van der Waals surface area contributed by atoms with Gasteiger partial charge in [-0.15, -0.1) is 0 Å². The van der Waals surface area contributed by atoms with Gasteiger partial charge in [-0.2, -0.15) is 4.98 Å². The van der Waals surface area contributed by atoms with Gasteiger partial charge in [0.1, 0.15) is 5.75 Å². The van der Waals surface area contributed by atoms with Crippen LogP contribution in [0.5, 0.6) is 5.75 Å². The summed E-state index contributed by atoms with van der Waals surface area (Å²) in [5.74, 6) is 4.18. The zero-order chi connectivity index (χ0) is 14.4. The normalized spacial score (nSPS) is 27.2. The number of aromatic nitrogens is 2. The number of nitrogens with two attached hydrogens (primary N) is 1. The van der Waals surface area contributed by atoms with Crippen molar-refractivity contribution in [3.8, 4) is 17.2 Å². The molecule has 1 heterocycles. The van der Waals surface area contributed by atoms with Gasteiger partial charge in [0, 0.05) is 11.5 Å². The summed E-state index contributed by atoms with van der Waals surface area (Å²) in [5, 5.41) is 4.21. The van der Waals surface area contributed by atoms with Gasteiger partial charge in [-0.25, -0.2) is 0 Å². The van der Waals surface area contributed by atoms with Gasteiger partial charge in [0.2, 0.25) is 0 Å². The molecule has 0 aliphatic heterocycles. The van der Waals surface area contributed by atoms with E-state index in [-0.39, 0.29) is 0 Å². The topological polar surface area (TPSA) is 74.2 Å². The first kappa shape index (κ1) is 12.7. The van der Waals surface area contributed by atoms with E-state index in [4.69, 9.17) is 15.0 Å². The number of methoxy groups -OCH3 is 1. The first-order chi connectivity index (χ1) is 10.2. The van der Waals surface area contributed by atoms with E-state index in [0.29, 0.717) is 23.2 Å². The van der Waals surface area contributed by atoms with E-state index in [2.05, 4.69) is 10.1 Å². The predicted molar refractivity (Wildman–Crippen MR) is 78.9 cm³/mol. The van der Waals surface area contributed by atoms with Gasteiger partial charge < -0.3 is 15.0 Å². The Bertz CT molecular complexity index is 667. The zero-order valence-corrected chi connectivity index (χ0v) is 12.1. The largest absolute Gasteiger partial charge is 0.495 e. The Morgan fingerprint density at radius 2 is 2.19 bits per heavy atom. The van der Waals surface area contributed by atoms with Crippen LogP contribution in [-0.4, -0.2) is 17.3 Å². The maximum atomic E-state index is 5.93. The average Bonchev–Trinajstić information content (AvgIpc) is 3.22.